The van der Waals surface area contributed by atoms with Crippen LogP contribution < -0.4 is 5.56 Å². The molecule has 0 amide bonds. The van der Waals surface area contributed by atoms with Crippen LogP contribution in [0.3, 0.4) is 0 Å². The molecule has 2 aromatic heterocycles. The monoisotopic (exact) mass is 327 g/mol. The standard InChI is InChI=1S/C16H14ClN5O/c1-3-22-16(23)14(17)11(9-19-22)10(8-18)15-20-12-6-4-5-7-13(12)21(15)2/h4-7,9-10H,3H2,1-2H3. The third-order valence-electron chi connectivity index (χ3n) is 3.83. The highest BCUT2D eigenvalue weighted by atomic mass is 35.5. The lowest BCUT2D eigenvalue weighted by Gasteiger charge is -2.12. The highest BCUT2D eigenvalue weighted by molar-refractivity contribution is 6.31. The number of halogens is 1. The molecule has 0 saturated carbocycles. The lowest BCUT2D eigenvalue weighted by atomic mass is 10.0. The van der Waals surface area contributed by atoms with Gasteiger partial charge in [0.25, 0.3) is 5.56 Å². The summed E-state index contributed by atoms with van der Waals surface area (Å²) >= 11 is 6.19. The number of aryl methyl sites for hydroxylation is 2. The molecule has 0 aliphatic carbocycles. The van der Waals surface area contributed by atoms with Gasteiger partial charge in [0, 0.05) is 19.2 Å². The molecule has 23 heavy (non-hydrogen) atoms. The van der Waals surface area contributed by atoms with Gasteiger partial charge >= 0.3 is 0 Å². The number of imidazole rings is 1. The highest BCUT2D eigenvalue weighted by Gasteiger charge is 2.24. The summed E-state index contributed by atoms with van der Waals surface area (Å²) in [6, 6.07) is 9.78. The number of nitriles is 1. The first-order chi connectivity index (χ1) is 11.1. The molecule has 0 aliphatic heterocycles. The normalized spacial score (nSPS) is 12.3. The van der Waals surface area contributed by atoms with Gasteiger partial charge in [0.05, 0.1) is 23.3 Å². The molecule has 0 spiro atoms. The Bertz CT molecular complexity index is 982. The summed E-state index contributed by atoms with van der Waals surface area (Å²) < 4.78 is 3.10. The zero-order valence-electron chi connectivity index (χ0n) is 12.7. The minimum absolute atomic E-state index is 0.0143. The predicted molar refractivity (Wildman–Crippen MR) is 87.4 cm³/mol. The average Bonchev–Trinajstić information content (AvgIpc) is 2.90. The fraction of sp³-hybridized carbons (Fsp3) is 0.250. The van der Waals surface area contributed by atoms with Crippen LogP contribution in [-0.2, 0) is 13.6 Å². The molecule has 0 bridgehead atoms. The molecule has 1 aromatic carbocycles. The van der Waals surface area contributed by atoms with E-state index in [0.717, 1.165) is 11.0 Å². The Morgan fingerprint density at radius 1 is 1.39 bits per heavy atom. The number of hydrogen-bond donors (Lipinski definition) is 0. The number of aromatic nitrogens is 4. The summed E-state index contributed by atoms with van der Waals surface area (Å²) in [4.78, 5) is 16.7. The molecule has 0 fully saturated rings. The van der Waals surface area contributed by atoms with Gasteiger partial charge in [0.2, 0.25) is 0 Å². The summed E-state index contributed by atoms with van der Waals surface area (Å²) in [6.45, 7) is 2.22. The number of para-hydroxylation sites is 2. The third-order valence-corrected chi connectivity index (χ3v) is 4.21. The maximum Gasteiger partial charge on any atom is 0.285 e. The van der Waals surface area contributed by atoms with E-state index in [0.29, 0.717) is 17.9 Å². The van der Waals surface area contributed by atoms with Crippen LogP contribution in [0.2, 0.25) is 5.02 Å². The van der Waals surface area contributed by atoms with Crippen molar-refractivity contribution >= 4 is 22.6 Å². The number of fused-ring (bicyclic) bond motifs is 1. The van der Waals surface area contributed by atoms with E-state index in [1.165, 1.54) is 10.9 Å². The van der Waals surface area contributed by atoms with E-state index in [-0.39, 0.29) is 5.02 Å². The van der Waals surface area contributed by atoms with Gasteiger partial charge in [-0.3, -0.25) is 4.79 Å². The minimum atomic E-state index is -0.758. The van der Waals surface area contributed by atoms with Crippen LogP contribution in [0.4, 0.5) is 0 Å². The fourth-order valence-electron chi connectivity index (χ4n) is 2.59. The van der Waals surface area contributed by atoms with Crippen molar-refractivity contribution < 1.29 is 0 Å². The Labute approximate surface area is 137 Å². The number of rotatable bonds is 3. The van der Waals surface area contributed by atoms with Crippen molar-refractivity contribution in [1.29, 1.82) is 5.26 Å². The van der Waals surface area contributed by atoms with Gasteiger partial charge in [-0.25, -0.2) is 9.67 Å². The van der Waals surface area contributed by atoms with E-state index in [2.05, 4.69) is 16.2 Å². The molecule has 3 aromatic rings. The van der Waals surface area contributed by atoms with Crippen molar-refractivity contribution in [3.05, 3.63) is 57.2 Å². The Balaban J connectivity index is 2.21. The zero-order valence-corrected chi connectivity index (χ0v) is 13.4. The second kappa shape index (κ2) is 5.86. The summed E-state index contributed by atoms with van der Waals surface area (Å²) in [7, 11) is 1.84. The summed E-state index contributed by atoms with van der Waals surface area (Å²) in [5.74, 6) is -0.224. The minimum Gasteiger partial charge on any atom is -0.330 e. The van der Waals surface area contributed by atoms with Crippen LogP contribution in [0.5, 0.6) is 0 Å². The van der Waals surface area contributed by atoms with Crippen molar-refractivity contribution in [3.8, 4) is 6.07 Å². The Morgan fingerprint density at radius 3 is 2.78 bits per heavy atom. The van der Waals surface area contributed by atoms with Gasteiger partial charge in [-0.1, -0.05) is 23.7 Å². The SMILES string of the molecule is CCn1ncc(C(C#N)c2nc3ccccc3n2C)c(Cl)c1=O. The molecule has 1 unspecified atom stereocenters. The number of nitrogens with zero attached hydrogens (tertiary/aromatic N) is 5. The molecule has 7 heteroatoms. The fourth-order valence-corrected chi connectivity index (χ4v) is 2.85. The van der Waals surface area contributed by atoms with Gasteiger partial charge < -0.3 is 4.57 Å². The van der Waals surface area contributed by atoms with Gasteiger partial charge in [-0.15, -0.1) is 0 Å². The van der Waals surface area contributed by atoms with E-state index >= 15 is 0 Å². The molecular formula is C16H14ClN5O. The van der Waals surface area contributed by atoms with Crippen molar-refractivity contribution in [1.82, 2.24) is 19.3 Å². The molecule has 2 heterocycles. The van der Waals surface area contributed by atoms with Crippen molar-refractivity contribution in [2.75, 3.05) is 0 Å². The first kappa shape index (κ1) is 15.3. The van der Waals surface area contributed by atoms with E-state index in [4.69, 9.17) is 11.6 Å². The van der Waals surface area contributed by atoms with Crippen molar-refractivity contribution in [2.45, 2.75) is 19.4 Å². The maximum absolute atomic E-state index is 12.2. The molecule has 0 N–H and O–H groups in total. The average molecular weight is 328 g/mol. The molecule has 0 aliphatic rings. The van der Waals surface area contributed by atoms with E-state index in [9.17, 15) is 10.1 Å². The van der Waals surface area contributed by atoms with Crippen LogP contribution in [-0.4, -0.2) is 19.3 Å². The smallest absolute Gasteiger partial charge is 0.285 e. The van der Waals surface area contributed by atoms with Crippen LogP contribution in [0.1, 0.15) is 24.2 Å². The Hall–Kier alpha value is -2.65. The van der Waals surface area contributed by atoms with Gasteiger partial charge in [-0.2, -0.15) is 10.4 Å². The van der Waals surface area contributed by atoms with Crippen molar-refractivity contribution in [3.63, 3.8) is 0 Å². The molecule has 1 atom stereocenters. The molecule has 6 nitrogen and oxygen atoms in total. The van der Waals surface area contributed by atoms with Crippen LogP contribution in [0, 0.1) is 11.3 Å². The Morgan fingerprint density at radius 2 is 2.13 bits per heavy atom. The molecule has 0 saturated heterocycles. The Kier molecular flexibility index (Phi) is 3.89. The summed E-state index contributed by atoms with van der Waals surface area (Å²) in [5, 5.41) is 13.7. The summed E-state index contributed by atoms with van der Waals surface area (Å²) in [5.41, 5.74) is 1.68. The third kappa shape index (κ3) is 2.39. The maximum atomic E-state index is 12.2. The van der Waals surface area contributed by atoms with Crippen LogP contribution in [0.15, 0.2) is 35.3 Å². The second-order valence-electron chi connectivity index (χ2n) is 5.11. The summed E-state index contributed by atoms with van der Waals surface area (Å²) in [6.07, 6.45) is 1.47. The highest BCUT2D eigenvalue weighted by Crippen LogP contribution is 2.28. The molecule has 0 radical (unpaired) electrons. The lowest BCUT2D eigenvalue weighted by molar-refractivity contribution is 0.609. The number of benzene rings is 1. The second-order valence-corrected chi connectivity index (χ2v) is 5.49. The van der Waals surface area contributed by atoms with Crippen LogP contribution in [0.25, 0.3) is 11.0 Å². The molecule has 3 rings (SSSR count). The molecule has 116 valence electrons. The van der Waals surface area contributed by atoms with Gasteiger partial charge in [0.15, 0.2) is 0 Å². The number of hydrogen-bond acceptors (Lipinski definition) is 4. The van der Waals surface area contributed by atoms with Gasteiger partial charge in [0.1, 0.15) is 16.8 Å². The van der Waals surface area contributed by atoms with Crippen molar-refractivity contribution in [2.24, 2.45) is 7.05 Å². The zero-order chi connectivity index (χ0) is 16.6. The molecular weight excluding hydrogens is 314 g/mol. The van der Waals surface area contributed by atoms with E-state index in [1.807, 2.05) is 35.9 Å². The lowest BCUT2D eigenvalue weighted by Crippen LogP contribution is -2.24. The van der Waals surface area contributed by atoms with Gasteiger partial charge in [-0.05, 0) is 19.1 Å². The topological polar surface area (TPSA) is 76.5 Å². The van der Waals surface area contributed by atoms with E-state index in [1.54, 1.807) is 6.92 Å². The first-order valence-electron chi connectivity index (χ1n) is 7.15. The van der Waals surface area contributed by atoms with E-state index < -0.39 is 11.5 Å². The largest absolute Gasteiger partial charge is 0.330 e. The quantitative estimate of drug-likeness (QED) is 0.740. The first-order valence-corrected chi connectivity index (χ1v) is 7.52. The van der Waals surface area contributed by atoms with Crippen LogP contribution >= 0.6 is 11.6 Å². The predicted octanol–water partition coefficient (Wildman–Crippen LogP) is 2.46.